The van der Waals surface area contributed by atoms with Crippen molar-refractivity contribution in [3.63, 3.8) is 0 Å². The number of benzene rings is 2. The Morgan fingerprint density at radius 3 is 2.48 bits per heavy atom. The molecule has 4 rings (SSSR count). The fraction of sp³-hybridized carbons (Fsp3) is 0.174. The third kappa shape index (κ3) is 4.12. The van der Waals surface area contributed by atoms with E-state index >= 15 is 0 Å². The Morgan fingerprint density at radius 1 is 1.03 bits per heavy atom. The average Bonchev–Trinajstić information content (AvgIpc) is 3.29. The molecule has 0 saturated carbocycles. The molecule has 0 aliphatic heterocycles. The van der Waals surface area contributed by atoms with Crippen molar-refractivity contribution < 1.29 is 4.79 Å². The van der Waals surface area contributed by atoms with Crippen LogP contribution in [0.3, 0.4) is 0 Å². The minimum absolute atomic E-state index is 0.0930. The van der Waals surface area contributed by atoms with Gasteiger partial charge in [-0.1, -0.05) is 48.0 Å². The number of carbonyl (C=O) groups is 1. The molecule has 1 amide bonds. The van der Waals surface area contributed by atoms with Crippen LogP contribution in [-0.4, -0.2) is 20.7 Å². The van der Waals surface area contributed by atoms with Crippen LogP contribution in [0.4, 0.5) is 5.69 Å². The van der Waals surface area contributed by atoms with Crippen molar-refractivity contribution >= 4 is 22.9 Å². The van der Waals surface area contributed by atoms with Crippen LogP contribution in [0.1, 0.15) is 22.6 Å². The van der Waals surface area contributed by atoms with E-state index in [1.807, 2.05) is 54.2 Å². The van der Waals surface area contributed by atoms with Gasteiger partial charge in [0, 0.05) is 10.9 Å². The number of anilines is 1. The van der Waals surface area contributed by atoms with Gasteiger partial charge in [-0.3, -0.25) is 4.79 Å². The van der Waals surface area contributed by atoms with Gasteiger partial charge in [0.1, 0.15) is 5.01 Å². The van der Waals surface area contributed by atoms with Crippen molar-refractivity contribution in [1.29, 1.82) is 0 Å². The van der Waals surface area contributed by atoms with Crippen LogP contribution in [0.15, 0.2) is 60.0 Å². The topological polar surface area (TPSA) is 59.8 Å². The van der Waals surface area contributed by atoms with Gasteiger partial charge >= 0.3 is 0 Å². The number of aromatic nitrogens is 3. The highest BCUT2D eigenvalue weighted by Gasteiger charge is 2.16. The molecule has 0 unspecified atom stereocenters. The largest absolute Gasteiger partial charge is 0.323 e. The molecule has 0 aliphatic carbocycles. The Kier molecular flexibility index (Phi) is 5.27. The molecule has 1 N–H and O–H groups in total. The summed E-state index contributed by atoms with van der Waals surface area (Å²) in [5.41, 5.74) is 6.48. The second-order valence-electron chi connectivity index (χ2n) is 7.03. The first-order valence-corrected chi connectivity index (χ1v) is 10.3. The number of aryl methyl sites for hydroxylation is 2. The Balaban J connectivity index is 1.48. The summed E-state index contributed by atoms with van der Waals surface area (Å²) in [5.74, 6) is -0.0930. The number of hydrogen-bond donors (Lipinski definition) is 1. The normalized spacial score (nSPS) is 10.9. The second-order valence-corrected chi connectivity index (χ2v) is 7.89. The average molecular weight is 403 g/mol. The molecule has 0 bridgehead atoms. The summed E-state index contributed by atoms with van der Waals surface area (Å²) in [5, 5.41) is 10.5. The van der Waals surface area contributed by atoms with Crippen LogP contribution in [0.5, 0.6) is 0 Å². The molecule has 0 radical (unpaired) electrons. The standard InChI is InChI=1S/C23H22N4OS/c1-15-9-11-18(12-10-15)23-24-19(14-29-23)13-21(28)25-22-16(2)26-27(17(22)3)20-7-5-4-6-8-20/h4-12,14H,13H2,1-3H3,(H,25,28). The number of carbonyl (C=O) groups excluding carboxylic acids is 1. The van der Waals surface area contributed by atoms with Crippen molar-refractivity contribution in [2.75, 3.05) is 5.32 Å². The van der Waals surface area contributed by atoms with E-state index in [0.29, 0.717) is 0 Å². The first kappa shape index (κ1) is 19.1. The van der Waals surface area contributed by atoms with E-state index in [9.17, 15) is 4.79 Å². The van der Waals surface area contributed by atoms with Gasteiger partial charge in [0.05, 0.1) is 34.9 Å². The second kappa shape index (κ2) is 8.01. The van der Waals surface area contributed by atoms with E-state index in [2.05, 4.69) is 46.6 Å². The molecular formula is C23H22N4OS. The molecule has 0 fully saturated rings. The predicted molar refractivity (Wildman–Crippen MR) is 118 cm³/mol. The van der Waals surface area contributed by atoms with Gasteiger partial charge in [0.15, 0.2) is 0 Å². The Bertz CT molecular complexity index is 1140. The lowest BCUT2D eigenvalue weighted by Crippen LogP contribution is -2.15. The van der Waals surface area contributed by atoms with Crippen LogP contribution in [0, 0.1) is 20.8 Å². The van der Waals surface area contributed by atoms with Crippen molar-refractivity contribution in [3.8, 4) is 16.3 Å². The highest BCUT2D eigenvalue weighted by molar-refractivity contribution is 7.13. The highest BCUT2D eigenvalue weighted by Crippen LogP contribution is 2.25. The monoisotopic (exact) mass is 402 g/mol. The fourth-order valence-corrected chi connectivity index (χ4v) is 4.04. The van der Waals surface area contributed by atoms with E-state index in [1.165, 1.54) is 5.56 Å². The molecule has 0 saturated heterocycles. The maximum atomic E-state index is 12.6. The fourth-order valence-electron chi connectivity index (χ4n) is 3.21. The maximum Gasteiger partial charge on any atom is 0.230 e. The summed E-state index contributed by atoms with van der Waals surface area (Å²) in [6.45, 7) is 5.92. The van der Waals surface area contributed by atoms with E-state index in [1.54, 1.807) is 11.3 Å². The van der Waals surface area contributed by atoms with Gasteiger partial charge in [-0.15, -0.1) is 11.3 Å². The van der Waals surface area contributed by atoms with Crippen molar-refractivity contribution in [2.24, 2.45) is 0 Å². The zero-order chi connectivity index (χ0) is 20.4. The van der Waals surface area contributed by atoms with Gasteiger partial charge in [-0.25, -0.2) is 9.67 Å². The number of rotatable bonds is 5. The zero-order valence-corrected chi connectivity index (χ0v) is 17.5. The molecule has 2 heterocycles. The maximum absolute atomic E-state index is 12.6. The molecular weight excluding hydrogens is 380 g/mol. The quantitative estimate of drug-likeness (QED) is 0.505. The summed E-state index contributed by atoms with van der Waals surface area (Å²) < 4.78 is 1.85. The molecule has 0 aliphatic rings. The van der Waals surface area contributed by atoms with Gasteiger partial charge < -0.3 is 5.32 Å². The SMILES string of the molecule is Cc1ccc(-c2nc(CC(=O)Nc3c(C)nn(-c4ccccc4)c3C)cs2)cc1. The highest BCUT2D eigenvalue weighted by atomic mass is 32.1. The van der Waals surface area contributed by atoms with Crippen LogP contribution in [0.25, 0.3) is 16.3 Å². The van der Waals surface area contributed by atoms with Crippen molar-refractivity contribution in [1.82, 2.24) is 14.8 Å². The van der Waals surface area contributed by atoms with Gasteiger partial charge in [-0.2, -0.15) is 5.10 Å². The zero-order valence-electron chi connectivity index (χ0n) is 16.6. The smallest absolute Gasteiger partial charge is 0.230 e. The predicted octanol–water partition coefficient (Wildman–Crippen LogP) is 5.10. The Hall–Kier alpha value is -3.25. The van der Waals surface area contributed by atoms with E-state index in [0.717, 1.165) is 39.0 Å². The first-order valence-electron chi connectivity index (χ1n) is 9.44. The molecule has 5 nitrogen and oxygen atoms in total. The summed E-state index contributed by atoms with van der Waals surface area (Å²) in [4.78, 5) is 17.3. The van der Waals surface area contributed by atoms with Gasteiger partial charge in [0.25, 0.3) is 0 Å². The molecule has 2 aromatic heterocycles. The third-order valence-corrected chi connectivity index (χ3v) is 5.69. The lowest BCUT2D eigenvalue weighted by Gasteiger charge is -2.06. The number of amides is 1. The van der Waals surface area contributed by atoms with Crippen molar-refractivity contribution in [2.45, 2.75) is 27.2 Å². The number of nitrogens with one attached hydrogen (secondary N) is 1. The lowest BCUT2D eigenvalue weighted by molar-refractivity contribution is -0.115. The van der Waals surface area contributed by atoms with Crippen LogP contribution in [-0.2, 0) is 11.2 Å². The molecule has 0 atom stereocenters. The Morgan fingerprint density at radius 2 is 1.76 bits per heavy atom. The lowest BCUT2D eigenvalue weighted by atomic mass is 10.2. The van der Waals surface area contributed by atoms with E-state index < -0.39 is 0 Å². The number of hydrogen-bond acceptors (Lipinski definition) is 4. The summed E-state index contributed by atoms with van der Waals surface area (Å²) >= 11 is 1.56. The molecule has 146 valence electrons. The van der Waals surface area contributed by atoms with Crippen molar-refractivity contribution in [3.05, 3.63) is 82.6 Å². The molecule has 29 heavy (non-hydrogen) atoms. The first-order chi connectivity index (χ1) is 14.0. The Labute approximate surface area is 174 Å². The molecule has 4 aromatic rings. The molecule has 0 spiro atoms. The number of thiazole rings is 1. The van der Waals surface area contributed by atoms with Crippen LogP contribution < -0.4 is 5.32 Å². The van der Waals surface area contributed by atoms with Crippen LogP contribution >= 0.6 is 11.3 Å². The summed E-state index contributed by atoms with van der Waals surface area (Å²) in [6, 6.07) is 18.1. The number of para-hydroxylation sites is 1. The summed E-state index contributed by atoms with van der Waals surface area (Å²) in [6.07, 6.45) is 0.234. The molecule has 6 heteroatoms. The van der Waals surface area contributed by atoms with E-state index in [4.69, 9.17) is 0 Å². The minimum Gasteiger partial charge on any atom is -0.323 e. The van der Waals surface area contributed by atoms with E-state index in [-0.39, 0.29) is 12.3 Å². The van der Waals surface area contributed by atoms with Crippen LogP contribution in [0.2, 0.25) is 0 Å². The minimum atomic E-state index is -0.0930. The number of nitrogens with zero attached hydrogens (tertiary/aromatic N) is 3. The van der Waals surface area contributed by atoms with Gasteiger partial charge in [0.2, 0.25) is 5.91 Å². The van der Waals surface area contributed by atoms with Gasteiger partial charge in [-0.05, 0) is 32.9 Å². The molecule has 2 aromatic carbocycles. The third-order valence-electron chi connectivity index (χ3n) is 4.75. The summed E-state index contributed by atoms with van der Waals surface area (Å²) in [7, 11) is 0.